The molecule has 1 spiro atoms. The van der Waals surface area contributed by atoms with Gasteiger partial charge in [0.1, 0.15) is 11.6 Å². The minimum atomic E-state index is -1.09. The molecule has 2 saturated carbocycles. The van der Waals surface area contributed by atoms with E-state index in [-0.39, 0.29) is 29.8 Å². The SMILES string of the molecule is Cc1ccc(NC(=O)C2C3C=CC4(O3)C2C(=O)N(C2CCCCCCC2)C4C(=O)NC2CCCCC2)cc1. The fraction of sp³-hybridized carbons (Fsp3) is 0.645. The summed E-state index contributed by atoms with van der Waals surface area (Å²) in [7, 11) is 0. The summed E-state index contributed by atoms with van der Waals surface area (Å²) in [5.74, 6) is -1.75. The third-order valence-electron chi connectivity index (χ3n) is 9.60. The second-order valence-electron chi connectivity index (χ2n) is 12.1. The first-order valence-corrected chi connectivity index (χ1v) is 14.9. The summed E-state index contributed by atoms with van der Waals surface area (Å²) in [6.07, 6.45) is 16.2. The first-order valence-electron chi connectivity index (χ1n) is 14.9. The van der Waals surface area contributed by atoms with Crippen molar-refractivity contribution in [3.8, 4) is 0 Å². The molecule has 3 heterocycles. The first-order chi connectivity index (χ1) is 18.5. The van der Waals surface area contributed by atoms with Gasteiger partial charge in [-0.3, -0.25) is 14.4 Å². The number of aryl methyl sites for hydroxylation is 1. The summed E-state index contributed by atoms with van der Waals surface area (Å²) in [6.45, 7) is 2.00. The maximum absolute atomic E-state index is 14.3. The molecule has 1 aromatic rings. The standard InChI is InChI=1S/C31H41N3O4/c1-20-14-16-22(17-15-20)32-28(35)25-24-18-19-31(38-24)26(25)30(37)34(23-12-8-3-2-4-9-13-23)27(31)29(36)33-21-10-6-5-7-11-21/h14-19,21,23-27H,2-13H2,1H3,(H,32,35)(H,33,36). The molecule has 7 nitrogen and oxygen atoms in total. The number of rotatable bonds is 5. The molecule has 5 unspecified atom stereocenters. The summed E-state index contributed by atoms with van der Waals surface area (Å²) in [5.41, 5.74) is 0.731. The molecule has 204 valence electrons. The van der Waals surface area contributed by atoms with Gasteiger partial charge in [-0.05, 0) is 44.7 Å². The van der Waals surface area contributed by atoms with E-state index >= 15 is 0 Å². The highest BCUT2D eigenvalue weighted by Crippen LogP contribution is 2.56. The van der Waals surface area contributed by atoms with E-state index in [1.807, 2.05) is 48.2 Å². The van der Waals surface area contributed by atoms with Gasteiger partial charge in [0.25, 0.3) is 0 Å². The number of benzene rings is 1. The van der Waals surface area contributed by atoms with Crippen molar-refractivity contribution in [1.82, 2.24) is 10.2 Å². The number of anilines is 1. The summed E-state index contributed by atoms with van der Waals surface area (Å²) >= 11 is 0. The number of carbonyl (C=O) groups excluding carboxylic acids is 3. The van der Waals surface area contributed by atoms with Gasteiger partial charge < -0.3 is 20.3 Å². The minimum absolute atomic E-state index is 0.00161. The maximum atomic E-state index is 14.3. The number of carbonyl (C=O) groups is 3. The Morgan fingerprint density at radius 1 is 0.895 bits per heavy atom. The zero-order valence-electron chi connectivity index (χ0n) is 22.5. The molecule has 3 aliphatic heterocycles. The van der Waals surface area contributed by atoms with E-state index in [0.717, 1.165) is 69.8 Å². The van der Waals surface area contributed by atoms with Gasteiger partial charge in [0.2, 0.25) is 17.7 Å². The molecule has 38 heavy (non-hydrogen) atoms. The Bertz CT molecular complexity index is 1090. The summed E-state index contributed by atoms with van der Waals surface area (Å²) in [5, 5.41) is 6.33. The van der Waals surface area contributed by atoms with Crippen molar-refractivity contribution < 1.29 is 19.1 Å². The number of hydrogen-bond donors (Lipinski definition) is 2. The third-order valence-corrected chi connectivity index (χ3v) is 9.60. The van der Waals surface area contributed by atoms with E-state index in [2.05, 4.69) is 10.6 Å². The highest BCUT2D eigenvalue weighted by atomic mass is 16.5. The number of hydrogen-bond acceptors (Lipinski definition) is 4. The second kappa shape index (κ2) is 10.5. The van der Waals surface area contributed by atoms with Crippen LogP contribution in [0.15, 0.2) is 36.4 Å². The Morgan fingerprint density at radius 2 is 1.53 bits per heavy atom. The molecule has 5 aliphatic rings. The Kier molecular flexibility index (Phi) is 7.06. The van der Waals surface area contributed by atoms with Crippen molar-refractivity contribution in [2.45, 2.75) is 114 Å². The monoisotopic (exact) mass is 519 g/mol. The van der Waals surface area contributed by atoms with Crippen LogP contribution in [-0.4, -0.2) is 52.5 Å². The van der Waals surface area contributed by atoms with Gasteiger partial charge in [-0.15, -0.1) is 0 Å². The van der Waals surface area contributed by atoms with Crippen molar-refractivity contribution in [2.75, 3.05) is 5.32 Å². The van der Waals surface area contributed by atoms with Crippen LogP contribution >= 0.6 is 0 Å². The Morgan fingerprint density at radius 3 is 2.24 bits per heavy atom. The van der Waals surface area contributed by atoms with Gasteiger partial charge >= 0.3 is 0 Å². The number of fused-ring (bicyclic) bond motifs is 1. The largest absolute Gasteiger partial charge is 0.359 e. The van der Waals surface area contributed by atoms with E-state index in [9.17, 15) is 14.4 Å². The van der Waals surface area contributed by atoms with Crippen LogP contribution in [0.2, 0.25) is 0 Å². The van der Waals surface area contributed by atoms with Crippen molar-refractivity contribution in [3.05, 3.63) is 42.0 Å². The van der Waals surface area contributed by atoms with Gasteiger partial charge in [-0.25, -0.2) is 0 Å². The number of likely N-dealkylation sites (tertiary alicyclic amines) is 1. The van der Waals surface area contributed by atoms with Crippen molar-refractivity contribution >= 4 is 23.4 Å². The second-order valence-corrected chi connectivity index (χ2v) is 12.1. The lowest BCUT2D eigenvalue weighted by Crippen LogP contribution is -2.58. The van der Waals surface area contributed by atoms with Crippen LogP contribution in [0.1, 0.15) is 82.6 Å². The zero-order chi connectivity index (χ0) is 26.3. The fourth-order valence-corrected chi connectivity index (χ4v) is 7.70. The van der Waals surface area contributed by atoms with Crippen LogP contribution in [-0.2, 0) is 19.1 Å². The third kappa shape index (κ3) is 4.47. The molecule has 2 N–H and O–H groups in total. The van der Waals surface area contributed by atoms with E-state index < -0.39 is 29.6 Å². The number of amides is 3. The van der Waals surface area contributed by atoms with Gasteiger partial charge in [0.05, 0.1) is 17.9 Å². The van der Waals surface area contributed by atoms with E-state index in [1.165, 1.54) is 12.8 Å². The van der Waals surface area contributed by atoms with Crippen molar-refractivity contribution in [2.24, 2.45) is 11.8 Å². The molecule has 2 aliphatic carbocycles. The Labute approximate surface area is 225 Å². The molecule has 5 atom stereocenters. The van der Waals surface area contributed by atoms with Crippen LogP contribution < -0.4 is 10.6 Å². The van der Waals surface area contributed by atoms with Gasteiger partial charge in [-0.1, -0.05) is 81.2 Å². The number of ether oxygens (including phenoxy) is 1. The number of nitrogens with zero attached hydrogens (tertiary/aromatic N) is 1. The molecule has 2 bridgehead atoms. The summed E-state index contributed by atoms with van der Waals surface area (Å²) in [4.78, 5) is 43.9. The smallest absolute Gasteiger partial charge is 0.246 e. The lowest BCUT2D eigenvalue weighted by atomic mass is 9.74. The molecule has 0 aromatic heterocycles. The van der Waals surface area contributed by atoms with Crippen LogP contribution in [0, 0.1) is 18.8 Å². The quantitative estimate of drug-likeness (QED) is 0.555. The molecule has 6 rings (SSSR count). The summed E-state index contributed by atoms with van der Waals surface area (Å²) < 4.78 is 6.55. The molecule has 7 heteroatoms. The zero-order valence-corrected chi connectivity index (χ0v) is 22.5. The van der Waals surface area contributed by atoms with E-state index in [1.54, 1.807) is 0 Å². The lowest BCUT2D eigenvalue weighted by Gasteiger charge is -2.38. The molecular weight excluding hydrogens is 478 g/mol. The molecule has 3 amide bonds. The van der Waals surface area contributed by atoms with Gasteiger partial charge in [-0.2, -0.15) is 0 Å². The lowest BCUT2D eigenvalue weighted by molar-refractivity contribution is -0.144. The summed E-state index contributed by atoms with van der Waals surface area (Å²) in [6, 6.07) is 7.08. The topological polar surface area (TPSA) is 87.7 Å². The normalized spacial score (nSPS) is 33.6. The fourth-order valence-electron chi connectivity index (χ4n) is 7.70. The minimum Gasteiger partial charge on any atom is -0.359 e. The molecule has 4 fully saturated rings. The predicted molar refractivity (Wildman–Crippen MR) is 145 cm³/mol. The first kappa shape index (κ1) is 25.6. The Hall–Kier alpha value is -2.67. The average molecular weight is 520 g/mol. The van der Waals surface area contributed by atoms with Crippen LogP contribution in [0.4, 0.5) is 5.69 Å². The van der Waals surface area contributed by atoms with Crippen molar-refractivity contribution in [3.63, 3.8) is 0 Å². The average Bonchev–Trinajstić information content (AvgIpc) is 3.53. The van der Waals surface area contributed by atoms with Crippen LogP contribution in [0.5, 0.6) is 0 Å². The molecule has 0 radical (unpaired) electrons. The predicted octanol–water partition coefficient (Wildman–Crippen LogP) is 4.65. The molecule has 1 aromatic carbocycles. The van der Waals surface area contributed by atoms with Crippen molar-refractivity contribution in [1.29, 1.82) is 0 Å². The molecule has 2 saturated heterocycles. The highest BCUT2D eigenvalue weighted by molar-refractivity contribution is 6.03. The van der Waals surface area contributed by atoms with Gasteiger partial charge in [0.15, 0.2) is 0 Å². The Balaban J connectivity index is 1.31. The number of nitrogens with one attached hydrogen (secondary N) is 2. The van der Waals surface area contributed by atoms with E-state index in [4.69, 9.17) is 4.74 Å². The highest BCUT2D eigenvalue weighted by Gasteiger charge is 2.73. The van der Waals surface area contributed by atoms with Gasteiger partial charge in [0, 0.05) is 17.8 Å². The van der Waals surface area contributed by atoms with Crippen LogP contribution in [0.25, 0.3) is 0 Å². The molecular formula is C31H41N3O4. The maximum Gasteiger partial charge on any atom is 0.246 e. The van der Waals surface area contributed by atoms with Crippen LogP contribution in [0.3, 0.4) is 0 Å². The van der Waals surface area contributed by atoms with E-state index in [0.29, 0.717) is 5.69 Å².